The Balaban J connectivity index is 1.85. The highest BCUT2D eigenvalue weighted by molar-refractivity contribution is 5.68. The predicted octanol–water partition coefficient (Wildman–Crippen LogP) is -0.182. The van der Waals surface area contributed by atoms with Gasteiger partial charge in [0.15, 0.2) is 0 Å². The van der Waals surface area contributed by atoms with Crippen molar-refractivity contribution < 1.29 is 19.7 Å². The number of ether oxygens (including phenoxy) is 1. The number of amides is 1. The van der Waals surface area contributed by atoms with Crippen molar-refractivity contribution >= 4 is 6.09 Å². The molecule has 0 aromatic rings. The van der Waals surface area contributed by atoms with Crippen LogP contribution in [0.3, 0.4) is 0 Å². The van der Waals surface area contributed by atoms with Crippen LogP contribution in [0.15, 0.2) is 0 Å². The van der Waals surface area contributed by atoms with Crippen molar-refractivity contribution in [1.29, 1.82) is 0 Å². The van der Waals surface area contributed by atoms with Crippen molar-refractivity contribution in [3.8, 4) is 0 Å². The summed E-state index contributed by atoms with van der Waals surface area (Å²) in [6, 6.07) is 0. The molecule has 5 heteroatoms. The minimum absolute atomic E-state index is 0.0488. The van der Waals surface area contributed by atoms with E-state index < -0.39 is 0 Å². The lowest BCUT2D eigenvalue weighted by atomic mass is 10.00. The van der Waals surface area contributed by atoms with Crippen molar-refractivity contribution in [3.63, 3.8) is 0 Å². The van der Waals surface area contributed by atoms with Gasteiger partial charge in [-0.1, -0.05) is 0 Å². The van der Waals surface area contributed by atoms with E-state index in [1.54, 1.807) is 4.90 Å². The lowest BCUT2D eigenvalue weighted by Gasteiger charge is -2.17. The number of fused-ring (bicyclic) bond motifs is 1. The maximum atomic E-state index is 11.5. The highest BCUT2D eigenvalue weighted by atomic mass is 16.6. The molecule has 0 bridgehead atoms. The number of hydrogen-bond donors (Lipinski definition) is 2. The standard InChI is InChI=1S/C10H17NO4/c12-3-4-15-10(14)11-5-7-1-2-9(13)8(7)6-11/h7-9,12-13H,1-6H2. The molecule has 1 amide bonds. The van der Waals surface area contributed by atoms with Gasteiger partial charge in [0.25, 0.3) is 0 Å². The first-order chi connectivity index (χ1) is 7.22. The van der Waals surface area contributed by atoms with E-state index in [4.69, 9.17) is 9.84 Å². The van der Waals surface area contributed by atoms with Gasteiger partial charge in [-0.3, -0.25) is 0 Å². The van der Waals surface area contributed by atoms with Gasteiger partial charge in [0.05, 0.1) is 12.7 Å². The Hall–Kier alpha value is -0.810. The summed E-state index contributed by atoms with van der Waals surface area (Å²) < 4.78 is 4.83. The molecule has 2 fully saturated rings. The molecule has 1 saturated carbocycles. The van der Waals surface area contributed by atoms with Crippen LogP contribution in [0.4, 0.5) is 4.79 Å². The smallest absolute Gasteiger partial charge is 0.409 e. The molecule has 15 heavy (non-hydrogen) atoms. The summed E-state index contributed by atoms with van der Waals surface area (Å²) in [5, 5.41) is 18.2. The molecule has 1 aliphatic heterocycles. The highest BCUT2D eigenvalue weighted by Gasteiger charge is 2.43. The van der Waals surface area contributed by atoms with Gasteiger partial charge in [0.1, 0.15) is 6.61 Å². The number of aliphatic hydroxyl groups excluding tert-OH is 2. The lowest BCUT2D eigenvalue weighted by molar-refractivity contribution is 0.0826. The Morgan fingerprint density at radius 1 is 1.40 bits per heavy atom. The van der Waals surface area contributed by atoms with Crippen molar-refractivity contribution in [1.82, 2.24) is 4.90 Å². The van der Waals surface area contributed by atoms with E-state index in [1.165, 1.54) is 0 Å². The molecule has 0 radical (unpaired) electrons. The Morgan fingerprint density at radius 2 is 2.20 bits per heavy atom. The van der Waals surface area contributed by atoms with E-state index >= 15 is 0 Å². The molecule has 2 aliphatic rings. The van der Waals surface area contributed by atoms with E-state index in [0.29, 0.717) is 19.0 Å². The number of carbonyl (C=O) groups is 1. The molecule has 1 saturated heterocycles. The summed E-state index contributed by atoms with van der Waals surface area (Å²) in [5.41, 5.74) is 0. The van der Waals surface area contributed by atoms with Gasteiger partial charge >= 0.3 is 6.09 Å². The quantitative estimate of drug-likeness (QED) is 0.670. The molecule has 0 spiro atoms. The summed E-state index contributed by atoms with van der Waals surface area (Å²) in [7, 11) is 0. The fourth-order valence-electron chi connectivity index (χ4n) is 2.61. The second-order valence-corrected chi connectivity index (χ2v) is 4.31. The van der Waals surface area contributed by atoms with Gasteiger partial charge in [-0.25, -0.2) is 4.79 Å². The van der Waals surface area contributed by atoms with Gasteiger partial charge in [0, 0.05) is 19.0 Å². The van der Waals surface area contributed by atoms with Gasteiger partial charge in [-0.2, -0.15) is 0 Å². The van der Waals surface area contributed by atoms with Crippen LogP contribution in [0.1, 0.15) is 12.8 Å². The second kappa shape index (κ2) is 4.37. The van der Waals surface area contributed by atoms with E-state index in [2.05, 4.69) is 0 Å². The van der Waals surface area contributed by atoms with Gasteiger partial charge in [0.2, 0.25) is 0 Å². The van der Waals surface area contributed by atoms with Crippen LogP contribution in [0.5, 0.6) is 0 Å². The molecule has 3 unspecified atom stereocenters. The molecule has 0 aromatic heterocycles. The molecular formula is C10H17NO4. The zero-order valence-electron chi connectivity index (χ0n) is 8.63. The first-order valence-electron chi connectivity index (χ1n) is 5.43. The zero-order valence-corrected chi connectivity index (χ0v) is 8.63. The average molecular weight is 215 g/mol. The molecule has 86 valence electrons. The number of nitrogens with zero attached hydrogens (tertiary/aromatic N) is 1. The summed E-state index contributed by atoms with van der Waals surface area (Å²) in [4.78, 5) is 13.1. The Morgan fingerprint density at radius 3 is 2.87 bits per heavy atom. The SMILES string of the molecule is O=C(OCCO)N1CC2CCC(O)C2C1. The van der Waals surface area contributed by atoms with Crippen LogP contribution in [-0.4, -0.2) is 53.6 Å². The number of aliphatic hydroxyl groups is 2. The Labute approximate surface area is 88.6 Å². The van der Waals surface area contributed by atoms with Crippen LogP contribution in [-0.2, 0) is 4.74 Å². The maximum Gasteiger partial charge on any atom is 0.409 e. The van der Waals surface area contributed by atoms with Gasteiger partial charge in [-0.05, 0) is 18.8 Å². The maximum absolute atomic E-state index is 11.5. The molecule has 0 aromatic carbocycles. The van der Waals surface area contributed by atoms with E-state index in [9.17, 15) is 9.90 Å². The number of rotatable bonds is 2. The van der Waals surface area contributed by atoms with Crippen LogP contribution in [0.25, 0.3) is 0 Å². The number of likely N-dealkylation sites (tertiary alicyclic amines) is 1. The number of hydrogen-bond acceptors (Lipinski definition) is 4. The molecule has 2 rings (SSSR count). The first kappa shape index (κ1) is 10.7. The summed E-state index contributed by atoms with van der Waals surface area (Å²) in [5.74, 6) is 0.661. The first-order valence-corrected chi connectivity index (χ1v) is 5.43. The fourth-order valence-corrected chi connectivity index (χ4v) is 2.61. The Bertz CT molecular complexity index is 246. The summed E-state index contributed by atoms with van der Waals surface area (Å²) in [6.45, 7) is 1.18. The monoisotopic (exact) mass is 215 g/mol. The third-order valence-electron chi connectivity index (χ3n) is 3.39. The van der Waals surface area contributed by atoms with E-state index in [0.717, 1.165) is 12.8 Å². The summed E-state index contributed by atoms with van der Waals surface area (Å²) in [6.07, 6.45) is 1.22. The lowest BCUT2D eigenvalue weighted by Crippen LogP contribution is -2.32. The fraction of sp³-hybridized carbons (Fsp3) is 0.900. The second-order valence-electron chi connectivity index (χ2n) is 4.31. The van der Waals surface area contributed by atoms with Crippen LogP contribution in [0, 0.1) is 11.8 Å². The largest absolute Gasteiger partial charge is 0.447 e. The minimum atomic E-state index is -0.370. The molecule has 5 nitrogen and oxygen atoms in total. The normalized spacial score (nSPS) is 34.3. The number of carbonyl (C=O) groups excluding carboxylic acids is 1. The Kier molecular flexibility index (Phi) is 3.11. The van der Waals surface area contributed by atoms with Crippen LogP contribution in [0.2, 0.25) is 0 Å². The van der Waals surface area contributed by atoms with Gasteiger partial charge in [-0.15, -0.1) is 0 Å². The van der Waals surface area contributed by atoms with Crippen molar-refractivity contribution in [2.24, 2.45) is 11.8 Å². The van der Waals surface area contributed by atoms with Crippen molar-refractivity contribution in [3.05, 3.63) is 0 Å². The van der Waals surface area contributed by atoms with Crippen molar-refractivity contribution in [2.45, 2.75) is 18.9 Å². The molecule has 3 atom stereocenters. The minimum Gasteiger partial charge on any atom is -0.447 e. The van der Waals surface area contributed by atoms with Crippen LogP contribution >= 0.6 is 0 Å². The van der Waals surface area contributed by atoms with Gasteiger partial charge < -0.3 is 19.8 Å². The van der Waals surface area contributed by atoms with Crippen LogP contribution < -0.4 is 0 Å². The van der Waals surface area contributed by atoms with E-state index in [1.807, 2.05) is 0 Å². The summed E-state index contributed by atoms with van der Waals surface area (Å²) >= 11 is 0. The average Bonchev–Trinajstić information content (AvgIpc) is 2.78. The predicted molar refractivity (Wildman–Crippen MR) is 52.2 cm³/mol. The molecule has 1 heterocycles. The molecule has 2 N–H and O–H groups in total. The zero-order chi connectivity index (χ0) is 10.8. The molecular weight excluding hydrogens is 198 g/mol. The third kappa shape index (κ3) is 2.08. The van der Waals surface area contributed by atoms with E-state index in [-0.39, 0.29) is 31.3 Å². The highest BCUT2D eigenvalue weighted by Crippen LogP contribution is 2.38. The van der Waals surface area contributed by atoms with Crippen molar-refractivity contribution in [2.75, 3.05) is 26.3 Å². The molecule has 1 aliphatic carbocycles. The topological polar surface area (TPSA) is 70.0 Å². The third-order valence-corrected chi connectivity index (χ3v) is 3.39.